The molecule has 1 aromatic heterocycles. The minimum Gasteiger partial charge on any atom is -0.493 e. The van der Waals surface area contributed by atoms with E-state index >= 15 is 0 Å². The van der Waals surface area contributed by atoms with Gasteiger partial charge in [-0.3, -0.25) is 5.43 Å². The number of nitrogens with one attached hydrogen (secondary N) is 2. The highest BCUT2D eigenvalue weighted by molar-refractivity contribution is 8.15. The highest BCUT2D eigenvalue weighted by Crippen LogP contribution is 2.39. The maximum absolute atomic E-state index is 13.2. The van der Waals surface area contributed by atoms with Crippen molar-refractivity contribution in [3.63, 3.8) is 0 Å². The molecule has 0 fully saturated rings. The summed E-state index contributed by atoms with van der Waals surface area (Å²) in [5.74, 6) is 1.66. The van der Waals surface area contributed by atoms with Gasteiger partial charge in [-0.2, -0.15) is 5.10 Å². The van der Waals surface area contributed by atoms with Gasteiger partial charge in [0.05, 0.1) is 17.7 Å². The first-order valence-corrected chi connectivity index (χ1v) is 11.5. The number of nitrogens with zero attached hydrogens (tertiary/aromatic N) is 3. The van der Waals surface area contributed by atoms with Gasteiger partial charge in [0.2, 0.25) is 0 Å². The number of rotatable bonds is 5. The van der Waals surface area contributed by atoms with Crippen LogP contribution in [0.2, 0.25) is 0 Å². The summed E-state index contributed by atoms with van der Waals surface area (Å²) in [4.78, 5) is 4.50. The van der Waals surface area contributed by atoms with Crippen molar-refractivity contribution in [2.24, 2.45) is 16.9 Å². The first-order valence-electron chi connectivity index (χ1n) is 9.14. The van der Waals surface area contributed by atoms with E-state index in [9.17, 15) is 8.42 Å². The van der Waals surface area contributed by atoms with Crippen LogP contribution in [-0.4, -0.2) is 34.4 Å². The Bertz CT molecular complexity index is 1040. The molecule has 0 saturated carbocycles. The molecule has 8 nitrogen and oxygen atoms in total. The van der Waals surface area contributed by atoms with E-state index in [4.69, 9.17) is 4.74 Å². The van der Waals surface area contributed by atoms with Crippen LogP contribution in [0.15, 0.2) is 34.5 Å². The van der Waals surface area contributed by atoms with Crippen molar-refractivity contribution in [1.29, 1.82) is 0 Å². The standard InChI is InChI=1S/C18H23N5O3S2/c1-10(2)8-26-12-5-6-13-14(7-12)28(24,25)23-9-19-15(16(23)20-13)18-22-21-17(27-18)11(3)4/h5-7,9-11,17,20-21H,8H2,1-4H3. The lowest BCUT2D eigenvalue weighted by molar-refractivity contribution is 0.270. The van der Waals surface area contributed by atoms with Gasteiger partial charge in [-0.25, -0.2) is 17.4 Å². The van der Waals surface area contributed by atoms with Gasteiger partial charge in [0.25, 0.3) is 10.0 Å². The number of thioether (sulfide) groups is 1. The van der Waals surface area contributed by atoms with E-state index in [1.54, 1.807) is 30.0 Å². The summed E-state index contributed by atoms with van der Waals surface area (Å²) in [5, 5.41) is 8.36. The lowest BCUT2D eigenvalue weighted by Gasteiger charge is -2.22. The van der Waals surface area contributed by atoms with Crippen molar-refractivity contribution < 1.29 is 13.2 Å². The van der Waals surface area contributed by atoms with Crippen LogP contribution in [-0.2, 0) is 10.0 Å². The van der Waals surface area contributed by atoms with Gasteiger partial charge in [-0.15, -0.1) is 0 Å². The zero-order valence-electron chi connectivity index (χ0n) is 16.1. The van der Waals surface area contributed by atoms with Gasteiger partial charge in [-0.1, -0.05) is 39.5 Å². The molecule has 2 aliphatic rings. The molecule has 0 spiro atoms. The lowest BCUT2D eigenvalue weighted by Crippen LogP contribution is -2.22. The van der Waals surface area contributed by atoms with Gasteiger partial charge >= 0.3 is 0 Å². The largest absolute Gasteiger partial charge is 0.493 e. The maximum atomic E-state index is 13.2. The Hall–Kier alpha value is -2.20. The molecule has 3 heterocycles. The summed E-state index contributed by atoms with van der Waals surface area (Å²) in [6.45, 7) is 8.80. The second kappa shape index (κ2) is 7.00. The first kappa shape index (κ1) is 19.1. The van der Waals surface area contributed by atoms with E-state index in [0.717, 1.165) is 0 Å². The van der Waals surface area contributed by atoms with Gasteiger partial charge in [0.1, 0.15) is 27.7 Å². The molecule has 1 aromatic carbocycles. The van der Waals surface area contributed by atoms with Gasteiger partial charge < -0.3 is 10.1 Å². The van der Waals surface area contributed by atoms with E-state index in [-0.39, 0.29) is 10.3 Å². The predicted molar refractivity (Wildman–Crippen MR) is 111 cm³/mol. The van der Waals surface area contributed by atoms with Crippen LogP contribution in [0.5, 0.6) is 5.75 Å². The lowest BCUT2D eigenvalue weighted by atomic mass is 10.2. The summed E-state index contributed by atoms with van der Waals surface area (Å²) >= 11 is 1.55. The molecule has 0 amide bonds. The number of hydrogen-bond donors (Lipinski definition) is 2. The molecule has 0 radical (unpaired) electrons. The van der Waals surface area contributed by atoms with Crippen molar-refractivity contribution >= 4 is 38.3 Å². The normalized spacial score (nSPS) is 19.6. The Morgan fingerprint density at radius 1 is 1.29 bits per heavy atom. The molecular weight excluding hydrogens is 398 g/mol. The summed E-state index contributed by atoms with van der Waals surface area (Å²) < 4.78 is 33.2. The molecule has 0 aliphatic carbocycles. The van der Waals surface area contributed by atoms with E-state index in [2.05, 4.69) is 34.7 Å². The van der Waals surface area contributed by atoms with Crippen molar-refractivity contribution in [2.75, 3.05) is 11.9 Å². The molecule has 1 unspecified atom stereocenters. The quantitative estimate of drug-likeness (QED) is 0.653. The Labute approximate surface area is 168 Å². The van der Waals surface area contributed by atoms with Gasteiger partial charge in [0, 0.05) is 6.07 Å². The molecule has 0 bridgehead atoms. The molecular formula is C18H23N5O3S2. The third-order valence-electron chi connectivity index (χ3n) is 4.40. The number of ether oxygens (including phenoxy) is 1. The third-order valence-corrected chi connectivity index (χ3v) is 7.50. The highest BCUT2D eigenvalue weighted by Gasteiger charge is 2.35. The monoisotopic (exact) mass is 421 g/mol. The third kappa shape index (κ3) is 3.24. The Morgan fingerprint density at radius 2 is 2.07 bits per heavy atom. The van der Waals surface area contributed by atoms with E-state index < -0.39 is 10.0 Å². The number of hydrogen-bond acceptors (Lipinski definition) is 8. The van der Waals surface area contributed by atoms with Crippen molar-refractivity contribution in [3.8, 4) is 5.75 Å². The fourth-order valence-corrected chi connectivity index (χ4v) is 5.28. The van der Waals surface area contributed by atoms with Crippen LogP contribution >= 0.6 is 11.8 Å². The maximum Gasteiger partial charge on any atom is 0.272 e. The summed E-state index contributed by atoms with van der Waals surface area (Å²) in [5.41, 5.74) is 4.11. The van der Waals surface area contributed by atoms with Crippen LogP contribution < -0.4 is 15.5 Å². The highest BCUT2D eigenvalue weighted by atomic mass is 32.2. The van der Waals surface area contributed by atoms with Crippen LogP contribution in [0.4, 0.5) is 11.5 Å². The molecule has 2 aliphatic heterocycles. The van der Waals surface area contributed by atoms with Crippen molar-refractivity contribution in [1.82, 2.24) is 14.4 Å². The number of fused-ring (bicyclic) bond motifs is 2. The minimum absolute atomic E-state index is 0.139. The van der Waals surface area contributed by atoms with E-state index in [1.807, 2.05) is 13.8 Å². The zero-order valence-corrected chi connectivity index (χ0v) is 17.8. The topological polar surface area (TPSA) is 97.6 Å². The average Bonchev–Trinajstić information content (AvgIpc) is 3.27. The molecule has 10 heteroatoms. The second-order valence-electron chi connectivity index (χ2n) is 7.56. The number of anilines is 2. The van der Waals surface area contributed by atoms with Crippen molar-refractivity contribution in [2.45, 2.75) is 38.0 Å². The number of benzene rings is 1. The van der Waals surface area contributed by atoms with Gasteiger partial charge in [0.15, 0.2) is 5.82 Å². The number of aromatic nitrogens is 2. The molecule has 1 atom stereocenters. The summed E-state index contributed by atoms with van der Waals surface area (Å²) in [6, 6.07) is 5.05. The SMILES string of the molecule is CC(C)COc1ccc2c(c1)S(=O)(=O)n1cnc(C3=NNC(C(C)C)S3)c1N2. The number of hydrazone groups is 1. The molecule has 28 heavy (non-hydrogen) atoms. The fourth-order valence-electron chi connectivity index (χ4n) is 2.88. The fraction of sp³-hybridized carbons (Fsp3) is 0.444. The second-order valence-corrected chi connectivity index (χ2v) is 10.5. The minimum atomic E-state index is -3.77. The van der Waals surface area contributed by atoms with Crippen molar-refractivity contribution in [3.05, 3.63) is 30.2 Å². The van der Waals surface area contributed by atoms with Gasteiger partial charge in [-0.05, 0) is 24.0 Å². The van der Waals surface area contributed by atoms with E-state index in [0.29, 0.717) is 46.4 Å². The molecule has 150 valence electrons. The van der Waals surface area contributed by atoms with E-state index in [1.165, 1.54) is 10.3 Å². The summed E-state index contributed by atoms with van der Waals surface area (Å²) in [6.07, 6.45) is 1.32. The smallest absolute Gasteiger partial charge is 0.272 e. The Morgan fingerprint density at radius 3 is 2.75 bits per heavy atom. The Balaban J connectivity index is 1.68. The summed E-state index contributed by atoms with van der Waals surface area (Å²) in [7, 11) is -3.77. The molecule has 2 N–H and O–H groups in total. The predicted octanol–water partition coefficient (Wildman–Crippen LogP) is 3.19. The van der Waals surface area contributed by atoms with Crippen LogP contribution in [0.3, 0.4) is 0 Å². The zero-order chi connectivity index (χ0) is 20.1. The van der Waals surface area contributed by atoms with Crippen LogP contribution in [0, 0.1) is 11.8 Å². The molecule has 2 aromatic rings. The van der Waals surface area contributed by atoms with Crippen LogP contribution in [0.25, 0.3) is 0 Å². The molecule has 0 saturated heterocycles. The Kier molecular flexibility index (Phi) is 4.78. The number of imidazole rings is 1. The molecule has 4 rings (SSSR count). The average molecular weight is 422 g/mol. The first-order chi connectivity index (χ1) is 13.3. The van der Waals surface area contributed by atoms with Crippen LogP contribution in [0.1, 0.15) is 33.4 Å².